The van der Waals surface area contributed by atoms with Gasteiger partial charge in [-0.1, -0.05) is 18.2 Å². The highest BCUT2D eigenvalue weighted by molar-refractivity contribution is 7.99. The fourth-order valence-electron chi connectivity index (χ4n) is 2.51. The molecule has 1 aromatic carbocycles. The van der Waals surface area contributed by atoms with E-state index in [2.05, 4.69) is 23.5 Å². The molecule has 0 saturated carbocycles. The van der Waals surface area contributed by atoms with Crippen molar-refractivity contribution in [1.82, 2.24) is 5.32 Å². The topological polar surface area (TPSA) is 49.3 Å². The van der Waals surface area contributed by atoms with Gasteiger partial charge in [0.05, 0.1) is 6.42 Å². The molecule has 3 nitrogen and oxygen atoms in total. The van der Waals surface area contributed by atoms with Crippen LogP contribution in [0.1, 0.15) is 29.5 Å². The summed E-state index contributed by atoms with van der Waals surface area (Å²) in [6.45, 7) is 0.956. The number of carbonyl (C=O) groups is 1. The van der Waals surface area contributed by atoms with Gasteiger partial charge in [0, 0.05) is 18.9 Å². The molecule has 0 aliphatic heterocycles. The van der Waals surface area contributed by atoms with E-state index in [1.165, 1.54) is 24.0 Å². The SMILES string of the molecule is O=C(Cc1ccc2c(c1)CCC2)NCCSCCCO. The van der Waals surface area contributed by atoms with Gasteiger partial charge in [-0.2, -0.15) is 11.8 Å². The Morgan fingerprint density at radius 2 is 2.10 bits per heavy atom. The van der Waals surface area contributed by atoms with Gasteiger partial charge in [-0.3, -0.25) is 4.79 Å². The summed E-state index contributed by atoms with van der Waals surface area (Å²) in [7, 11) is 0. The molecule has 0 saturated heterocycles. The summed E-state index contributed by atoms with van der Waals surface area (Å²) in [5, 5.41) is 11.6. The molecule has 1 amide bonds. The zero-order valence-corrected chi connectivity index (χ0v) is 12.7. The summed E-state index contributed by atoms with van der Waals surface area (Å²) in [4.78, 5) is 11.8. The van der Waals surface area contributed by atoms with Crippen LogP contribution in [-0.2, 0) is 24.1 Å². The Balaban J connectivity index is 1.67. The average molecular weight is 293 g/mol. The van der Waals surface area contributed by atoms with Crippen LogP contribution in [0.4, 0.5) is 0 Å². The first-order chi connectivity index (χ1) is 9.79. The second-order valence-corrected chi connectivity index (χ2v) is 6.40. The minimum Gasteiger partial charge on any atom is -0.396 e. The summed E-state index contributed by atoms with van der Waals surface area (Å²) in [6, 6.07) is 6.45. The third kappa shape index (κ3) is 4.84. The van der Waals surface area contributed by atoms with E-state index >= 15 is 0 Å². The number of aliphatic hydroxyl groups is 1. The predicted octanol–water partition coefficient (Wildman–Crippen LogP) is 1.95. The second kappa shape index (κ2) is 8.32. The van der Waals surface area contributed by atoms with Crippen molar-refractivity contribution in [3.63, 3.8) is 0 Å². The molecule has 4 heteroatoms. The molecule has 0 fully saturated rings. The zero-order chi connectivity index (χ0) is 14.2. The Bertz CT molecular complexity index is 448. The fourth-order valence-corrected chi connectivity index (χ4v) is 3.30. The molecule has 20 heavy (non-hydrogen) atoms. The number of thioether (sulfide) groups is 1. The number of aliphatic hydroxyl groups excluding tert-OH is 1. The van der Waals surface area contributed by atoms with Gasteiger partial charge in [-0.15, -0.1) is 0 Å². The minimum atomic E-state index is 0.103. The summed E-state index contributed by atoms with van der Waals surface area (Å²) in [6.07, 6.45) is 4.90. The molecule has 0 aromatic heterocycles. The lowest BCUT2D eigenvalue weighted by Gasteiger charge is -2.07. The maximum Gasteiger partial charge on any atom is 0.224 e. The molecule has 0 radical (unpaired) electrons. The number of hydrogen-bond donors (Lipinski definition) is 2. The van der Waals surface area contributed by atoms with E-state index in [9.17, 15) is 4.79 Å². The van der Waals surface area contributed by atoms with Crippen LogP contribution in [0.3, 0.4) is 0 Å². The van der Waals surface area contributed by atoms with E-state index in [0.717, 1.165) is 29.9 Å². The van der Waals surface area contributed by atoms with Crippen LogP contribution in [0, 0.1) is 0 Å². The van der Waals surface area contributed by atoms with Crippen LogP contribution >= 0.6 is 11.8 Å². The molecule has 0 heterocycles. The van der Waals surface area contributed by atoms with E-state index in [1.54, 1.807) is 11.8 Å². The summed E-state index contributed by atoms with van der Waals surface area (Å²) >= 11 is 1.77. The average Bonchev–Trinajstić information content (AvgIpc) is 2.90. The Hall–Kier alpha value is -1.00. The Labute approximate surface area is 125 Å². The van der Waals surface area contributed by atoms with Crippen molar-refractivity contribution >= 4 is 17.7 Å². The predicted molar refractivity (Wildman–Crippen MR) is 84.2 cm³/mol. The highest BCUT2D eigenvalue weighted by atomic mass is 32.2. The number of benzene rings is 1. The van der Waals surface area contributed by atoms with Crippen molar-refractivity contribution in [2.24, 2.45) is 0 Å². The first-order valence-corrected chi connectivity index (χ1v) is 8.51. The van der Waals surface area contributed by atoms with Crippen molar-refractivity contribution < 1.29 is 9.90 Å². The van der Waals surface area contributed by atoms with Crippen molar-refractivity contribution in [3.8, 4) is 0 Å². The van der Waals surface area contributed by atoms with Crippen molar-refractivity contribution in [2.45, 2.75) is 32.1 Å². The molecular weight excluding hydrogens is 270 g/mol. The number of amides is 1. The number of fused-ring (bicyclic) bond motifs is 1. The van der Waals surface area contributed by atoms with Crippen LogP contribution in [0.15, 0.2) is 18.2 Å². The third-order valence-corrected chi connectivity index (χ3v) is 4.61. The molecule has 0 bridgehead atoms. The van der Waals surface area contributed by atoms with Crippen molar-refractivity contribution in [1.29, 1.82) is 0 Å². The standard InChI is InChI=1S/C16H23NO2S/c18-8-2-9-20-10-7-17-16(19)12-13-5-6-14-3-1-4-15(14)11-13/h5-6,11,18H,1-4,7-10,12H2,(H,17,19). The summed E-state index contributed by atoms with van der Waals surface area (Å²) < 4.78 is 0. The lowest BCUT2D eigenvalue weighted by molar-refractivity contribution is -0.120. The van der Waals surface area contributed by atoms with Crippen LogP contribution in [0.25, 0.3) is 0 Å². The largest absolute Gasteiger partial charge is 0.396 e. The Kier molecular flexibility index (Phi) is 6.40. The van der Waals surface area contributed by atoms with Gasteiger partial charge < -0.3 is 10.4 Å². The van der Waals surface area contributed by atoms with Crippen LogP contribution in [0.2, 0.25) is 0 Å². The molecule has 110 valence electrons. The smallest absolute Gasteiger partial charge is 0.224 e. The molecule has 1 aliphatic carbocycles. The zero-order valence-electron chi connectivity index (χ0n) is 11.9. The number of rotatable bonds is 8. The Morgan fingerprint density at radius 3 is 2.95 bits per heavy atom. The highest BCUT2D eigenvalue weighted by Crippen LogP contribution is 2.22. The maximum atomic E-state index is 11.8. The molecule has 2 N–H and O–H groups in total. The van der Waals surface area contributed by atoms with Gasteiger partial charge in [0.15, 0.2) is 0 Å². The van der Waals surface area contributed by atoms with Crippen molar-refractivity contribution in [3.05, 3.63) is 34.9 Å². The quantitative estimate of drug-likeness (QED) is 0.720. The van der Waals surface area contributed by atoms with Gasteiger partial charge >= 0.3 is 0 Å². The van der Waals surface area contributed by atoms with Crippen molar-refractivity contribution in [2.75, 3.05) is 24.7 Å². The molecule has 0 atom stereocenters. The second-order valence-electron chi connectivity index (χ2n) is 5.17. The molecule has 0 spiro atoms. The molecule has 2 rings (SSSR count). The third-order valence-electron chi connectivity index (χ3n) is 3.54. The number of nitrogens with one attached hydrogen (secondary N) is 1. The summed E-state index contributed by atoms with van der Waals surface area (Å²) in [5.41, 5.74) is 4.00. The molecule has 1 aliphatic rings. The lowest BCUT2D eigenvalue weighted by atomic mass is 10.0. The fraction of sp³-hybridized carbons (Fsp3) is 0.562. The first-order valence-electron chi connectivity index (χ1n) is 7.35. The van der Waals surface area contributed by atoms with Crippen LogP contribution < -0.4 is 5.32 Å². The van der Waals surface area contributed by atoms with E-state index in [1.807, 2.05) is 0 Å². The molecule has 1 aromatic rings. The minimum absolute atomic E-state index is 0.103. The van der Waals surface area contributed by atoms with E-state index in [4.69, 9.17) is 5.11 Å². The number of aryl methyl sites for hydroxylation is 2. The van der Waals surface area contributed by atoms with E-state index in [0.29, 0.717) is 13.0 Å². The van der Waals surface area contributed by atoms with E-state index < -0.39 is 0 Å². The lowest BCUT2D eigenvalue weighted by Crippen LogP contribution is -2.27. The highest BCUT2D eigenvalue weighted by Gasteiger charge is 2.11. The molecular formula is C16H23NO2S. The first kappa shape index (κ1) is 15.4. The summed E-state index contributed by atoms with van der Waals surface area (Å²) in [5.74, 6) is 1.97. The Morgan fingerprint density at radius 1 is 1.25 bits per heavy atom. The van der Waals surface area contributed by atoms with Gasteiger partial charge in [0.25, 0.3) is 0 Å². The van der Waals surface area contributed by atoms with Gasteiger partial charge in [-0.05, 0) is 48.1 Å². The molecule has 0 unspecified atom stereocenters. The normalized spacial score (nSPS) is 13.2. The maximum absolute atomic E-state index is 11.8. The number of carbonyl (C=O) groups excluding carboxylic acids is 1. The van der Waals surface area contributed by atoms with E-state index in [-0.39, 0.29) is 12.5 Å². The van der Waals surface area contributed by atoms with Gasteiger partial charge in [0.1, 0.15) is 0 Å². The van der Waals surface area contributed by atoms with Gasteiger partial charge in [0.2, 0.25) is 5.91 Å². The monoisotopic (exact) mass is 293 g/mol. The van der Waals surface area contributed by atoms with Crippen LogP contribution in [0.5, 0.6) is 0 Å². The van der Waals surface area contributed by atoms with Gasteiger partial charge in [-0.25, -0.2) is 0 Å². The van der Waals surface area contributed by atoms with Crippen LogP contribution in [-0.4, -0.2) is 35.7 Å². The number of hydrogen-bond acceptors (Lipinski definition) is 3.